The van der Waals surface area contributed by atoms with Crippen molar-refractivity contribution in [2.75, 3.05) is 11.5 Å². The maximum absolute atomic E-state index is 6.20. The Labute approximate surface area is 268 Å². The second-order valence-electron chi connectivity index (χ2n) is 12.9. The molecule has 2 heteroatoms. The van der Waals surface area contributed by atoms with Crippen LogP contribution in [0.25, 0.3) is 0 Å². The molecule has 4 aromatic carbocycles. The normalized spacial score (nSPS) is 11.2. The van der Waals surface area contributed by atoms with E-state index < -0.39 is 0 Å². The smallest absolute Gasteiger partial charge is 0.0346 e. The second kappa shape index (κ2) is 18.3. The van der Waals surface area contributed by atoms with E-state index in [4.69, 9.17) is 11.5 Å². The molecule has 4 rings (SSSR count). The number of hydrogen-bond acceptors (Lipinski definition) is 2. The summed E-state index contributed by atoms with van der Waals surface area (Å²) in [7, 11) is 0. The first kappa shape index (κ1) is 33.4. The standard InChI is InChI=1S/C42H56N2/c1-3-5-15-39-31-37(25-27-41(39)43)29-35-21-17-33(18-22-35)13-11-9-7-8-10-12-14-34-19-23-36(24-20-34)30-38-26-28-42(44)40(32-38)16-6-4-2/h17-28,31-32H,3-16,29-30,43-44H2,1-2H3. The number of unbranched alkanes of at least 4 members (excludes halogenated alkanes) is 7. The molecule has 0 amide bonds. The minimum Gasteiger partial charge on any atom is -0.399 e. The van der Waals surface area contributed by atoms with E-state index in [9.17, 15) is 0 Å². The molecule has 0 aliphatic heterocycles. The molecule has 0 spiro atoms. The molecule has 0 aliphatic carbocycles. The fraction of sp³-hybridized carbons (Fsp3) is 0.429. The van der Waals surface area contributed by atoms with Crippen molar-refractivity contribution in [1.29, 1.82) is 0 Å². The zero-order valence-corrected chi connectivity index (χ0v) is 27.6. The van der Waals surface area contributed by atoms with Crippen molar-refractivity contribution in [3.63, 3.8) is 0 Å². The van der Waals surface area contributed by atoms with Gasteiger partial charge >= 0.3 is 0 Å². The van der Waals surface area contributed by atoms with Gasteiger partial charge in [0.05, 0.1) is 0 Å². The van der Waals surface area contributed by atoms with Crippen LogP contribution in [0.2, 0.25) is 0 Å². The molecule has 0 atom stereocenters. The van der Waals surface area contributed by atoms with Gasteiger partial charge in [-0.1, -0.05) is 125 Å². The Kier molecular flexibility index (Phi) is 13.9. The molecule has 0 heterocycles. The highest BCUT2D eigenvalue weighted by molar-refractivity contribution is 5.50. The monoisotopic (exact) mass is 588 g/mol. The number of benzene rings is 4. The van der Waals surface area contributed by atoms with Gasteiger partial charge in [-0.3, -0.25) is 0 Å². The van der Waals surface area contributed by atoms with E-state index in [0.29, 0.717) is 0 Å². The van der Waals surface area contributed by atoms with Crippen LogP contribution in [0.15, 0.2) is 84.9 Å². The van der Waals surface area contributed by atoms with Crippen molar-refractivity contribution in [3.8, 4) is 0 Å². The topological polar surface area (TPSA) is 52.0 Å². The van der Waals surface area contributed by atoms with Crippen molar-refractivity contribution < 1.29 is 0 Å². The van der Waals surface area contributed by atoms with Gasteiger partial charge in [0.25, 0.3) is 0 Å². The lowest BCUT2D eigenvalue weighted by molar-refractivity contribution is 0.594. The molecule has 0 aromatic heterocycles. The quantitative estimate of drug-likeness (QED) is 0.0845. The van der Waals surface area contributed by atoms with Crippen LogP contribution in [0.4, 0.5) is 11.4 Å². The molecule has 234 valence electrons. The van der Waals surface area contributed by atoms with Crippen LogP contribution in [-0.4, -0.2) is 0 Å². The van der Waals surface area contributed by atoms with Crippen molar-refractivity contribution in [3.05, 3.63) is 129 Å². The van der Waals surface area contributed by atoms with E-state index in [1.807, 2.05) is 0 Å². The summed E-state index contributed by atoms with van der Waals surface area (Å²) in [5.41, 5.74) is 25.3. The summed E-state index contributed by atoms with van der Waals surface area (Å²) in [5.74, 6) is 0. The summed E-state index contributed by atoms with van der Waals surface area (Å²) < 4.78 is 0. The largest absolute Gasteiger partial charge is 0.399 e. The van der Waals surface area contributed by atoms with Gasteiger partial charge in [-0.05, 0) is 121 Å². The predicted octanol–water partition coefficient (Wildman–Crippen LogP) is 10.8. The lowest BCUT2D eigenvalue weighted by Crippen LogP contribution is -1.97. The zero-order valence-electron chi connectivity index (χ0n) is 27.6. The van der Waals surface area contributed by atoms with Crippen LogP contribution in [-0.2, 0) is 38.5 Å². The van der Waals surface area contributed by atoms with Crippen molar-refractivity contribution in [2.24, 2.45) is 0 Å². The van der Waals surface area contributed by atoms with Gasteiger partial charge < -0.3 is 11.5 Å². The van der Waals surface area contributed by atoms with Crippen LogP contribution in [0.5, 0.6) is 0 Å². The summed E-state index contributed by atoms with van der Waals surface area (Å²) in [4.78, 5) is 0. The fourth-order valence-electron chi connectivity index (χ4n) is 6.19. The minimum absolute atomic E-state index is 0.935. The Hall–Kier alpha value is -3.52. The summed E-state index contributed by atoms with van der Waals surface area (Å²) in [6.07, 6.45) is 19.2. The lowest BCUT2D eigenvalue weighted by atomic mass is 9.97. The average Bonchev–Trinajstić information content (AvgIpc) is 3.04. The van der Waals surface area contributed by atoms with Crippen LogP contribution in [0.1, 0.15) is 123 Å². The van der Waals surface area contributed by atoms with Crippen LogP contribution < -0.4 is 11.5 Å². The highest BCUT2D eigenvalue weighted by Crippen LogP contribution is 2.22. The lowest BCUT2D eigenvalue weighted by Gasteiger charge is -2.10. The van der Waals surface area contributed by atoms with Crippen LogP contribution in [0, 0.1) is 0 Å². The van der Waals surface area contributed by atoms with E-state index in [0.717, 1.165) is 37.1 Å². The minimum atomic E-state index is 0.935. The van der Waals surface area contributed by atoms with Crippen LogP contribution >= 0.6 is 0 Å². The Balaban J connectivity index is 1.08. The highest BCUT2D eigenvalue weighted by Gasteiger charge is 2.05. The maximum Gasteiger partial charge on any atom is 0.0346 e. The van der Waals surface area contributed by atoms with E-state index in [-0.39, 0.29) is 0 Å². The third kappa shape index (κ3) is 11.2. The number of hydrogen-bond donors (Lipinski definition) is 2. The number of anilines is 2. The molecule has 0 bridgehead atoms. The summed E-state index contributed by atoms with van der Waals surface area (Å²) in [6.45, 7) is 4.47. The average molecular weight is 589 g/mol. The number of nitrogens with two attached hydrogens (primary N) is 2. The van der Waals surface area contributed by atoms with Gasteiger partial charge in [-0.15, -0.1) is 0 Å². The van der Waals surface area contributed by atoms with Crippen LogP contribution in [0.3, 0.4) is 0 Å². The van der Waals surface area contributed by atoms with Gasteiger partial charge in [-0.25, -0.2) is 0 Å². The van der Waals surface area contributed by atoms with Gasteiger partial charge in [0.15, 0.2) is 0 Å². The van der Waals surface area contributed by atoms with Crippen molar-refractivity contribution >= 4 is 11.4 Å². The second-order valence-corrected chi connectivity index (χ2v) is 12.9. The Morgan fingerprint density at radius 3 is 1.09 bits per heavy atom. The SMILES string of the molecule is CCCCc1cc(Cc2ccc(CCCCCCCCc3ccc(Cc4ccc(N)c(CCCC)c4)cc3)cc2)ccc1N. The van der Waals surface area contributed by atoms with Gasteiger partial charge in [-0.2, -0.15) is 0 Å². The molecule has 2 nitrogen and oxygen atoms in total. The number of nitrogen functional groups attached to an aromatic ring is 2. The molecule has 0 saturated heterocycles. The fourth-order valence-corrected chi connectivity index (χ4v) is 6.19. The molecular formula is C42H56N2. The van der Waals surface area contributed by atoms with E-state index >= 15 is 0 Å². The van der Waals surface area contributed by atoms with E-state index in [2.05, 4.69) is 98.8 Å². The molecule has 0 unspecified atom stereocenters. The first-order valence-corrected chi connectivity index (χ1v) is 17.4. The molecule has 4 N–H and O–H groups in total. The third-order valence-electron chi connectivity index (χ3n) is 9.06. The van der Waals surface area contributed by atoms with Crippen molar-refractivity contribution in [2.45, 2.75) is 117 Å². The van der Waals surface area contributed by atoms with E-state index in [1.165, 1.54) is 122 Å². The molecule has 44 heavy (non-hydrogen) atoms. The summed E-state index contributed by atoms with van der Waals surface area (Å²) in [5, 5.41) is 0. The van der Waals surface area contributed by atoms with Gasteiger partial charge in [0, 0.05) is 11.4 Å². The summed E-state index contributed by atoms with van der Waals surface area (Å²) in [6, 6.07) is 31.7. The van der Waals surface area contributed by atoms with Crippen molar-refractivity contribution in [1.82, 2.24) is 0 Å². The first-order valence-electron chi connectivity index (χ1n) is 17.4. The molecule has 0 saturated carbocycles. The molecule has 0 fully saturated rings. The predicted molar refractivity (Wildman–Crippen MR) is 193 cm³/mol. The Bertz CT molecular complexity index is 1280. The summed E-state index contributed by atoms with van der Waals surface area (Å²) >= 11 is 0. The molecule has 0 radical (unpaired) electrons. The third-order valence-corrected chi connectivity index (χ3v) is 9.06. The maximum atomic E-state index is 6.20. The molecule has 4 aromatic rings. The van der Waals surface area contributed by atoms with E-state index in [1.54, 1.807) is 0 Å². The highest BCUT2D eigenvalue weighted by atomic mass is 14.6. The van der Waals surface area contributed by atoms with Gasteiger partial charge in [0.1, 0.15) is 0 Å². The molecule has 0 aliphatic rings. The Morgan fingerprint density at radius 1 is 0.364 bits per heavy atom. The number of rotatable bonds is 19. The van der Waals surface area contributed by atoms with Gasteiger partial charge in [0.2, 0.25) is 0 Å². The Morgan fingerprint density at radius 2 is 0.705 bits per heavy atom. The number of aryl methyl sites for hydroxylation is 4. The molecular weight excluding hydrogens is 532 g/mol. The zero-order chi connectivity index (χ0) is 31.0. The first-order chi connectivity index (χ1) is 21.5.